The van der Waals surface area contributed by atoms with E-state index in [0.717, 1.165) is 5.56 Å². The maximum Gasteiger partial charge on any atom is 0.337 e. The number of hydrogen-bond donors (Lipinski definition) is 1. The van der Waals surface area contributed by atoms with Crippen LogP contribution in [0.2, 0.25) is 0 Å². The summed E-state index contributed by atoms with van der Waals surface area (Å²) in [6.45, 7) is 0.471. The molecular formula is C16H12BrNO3. The van der Waals surface area contributed by atoms with Gasteiger partial charge in [0.25, 0.3) is 5.91 Å². The van der Waals surface area contributed by atoms with Crippen LogP contribution in [0, 0.1) is 0 Å². The fourth-order valence-corrected chi connectivity index (χ4v) is 3.18. The molecule has 0 spiro atoms. The number of amides is 1. The van der Waals surface area contributed by atoms with Crippen molar-refractivity contribution in [2.24, 2.45) is 0 Å². The third-order valence-electron chi connectivity index (χ3n) is 3.58. The van der Waals surface area contributed by atoms with Crippen LogP contribution in [0.15, 0.2) is 46.9 Å². The Morgan fingerprint density at radius 2 is 1.90 bits per heavy atom. The van der Waals surface area contributed by atoms with Gasteiger partial charge in [0.2, 0.25) is 0 Å². The van der Waals surface area contributed by atoms with Crippen molar-refractivity contribution in [3.63, 3.8) is 0 Å². The lowest BCUT2D eigenvalue weighted by atomic mass is 9.98. The van der Waals surface area contributed by atoms with E-state index in [2.05, 4.69) is 15.9 Å². The van der Waals surface area contributed by atoms with Crippen molar-refractivity contribution < 1.29 is 14.7 Å². The second kappa shape index (κ2) is 5.33. The number of carbonyl (C=O) groups is 2. The molecule has 1 aliphatic heterocycles. The van der Waals surface area contributed by atoms with E-state index in [0.29, 0.717) is 28.7 Å². The van der Waals surface area contributed by atoms with Gasteiger partial charge in [-0.2, -0.15) is 0 Å². The third-order valence-corrected chi connectivity index (χ3v) is 4.22. The highest BCUT2D eigenvalue weighted by Gasteiger charge is 2.29. The van der Waals surface area contributed by atoms with Crippen molar-refractivity contribution in [1.82, 2.24) is 0 Å². The number of carbonyl (C=O) groups excluding carboxylic acids is 1. The molecule has 0 saturated carbocycles. The predicted molar refractivity (Wildman–Crippen MR) is 82.9 cm³/mol. The zero-order chi connectivity index (χ0) is 15.0. The summed E-state index contributed by atoms with van der Waals surface area (Å²) < 4.78 is 0.607. The molecule has 106 valence electrons. The second-order valence-electron chi connectivity index (χ2n) is 4.81. The van der Waals surface area contributed by atoms with Gasteiger partial charge >= 0.3 is 5.97 Å². The molecule has 5 heteroatoms. The number of fused-ring (bicyclic) bond motifs is 1. The molecule has 2 aromatic carbocycles. The monoisotopic (exact) mass is 345 g/mol. The summed E-state index contributed by atoms with van der Waals surface area (Å²) in [4.78, 5) is 25.6. The first-order valence-electron chi connectivity index (χ1n) is 6.51. The summed E-state index contributed by atoms with van der Waals surface area (Å²) in [5.74, 6) is -1.20. The van der Waals surface area contributed by atoms with Gasteiger partial charge < -0.3 is 10.0 Å². The van der Waals surface area contributed by atoms with E-state index in [-0.39, 0.29) is 11.5 Å². The number of carboxylic acids is 1. The topological polar surface area (TPSA) is 57.6 Å². The molecule has 0 unspecified atom stereocenters. The molecule has 2 aromatic rings. The predicted octanol–water partition coefficient (Wildman–Crippen LogP) is 3.35. The van der Waals surface area contributed by atoms with Gasteiger partial charge in [0.15, 0.2) is 0 Å². The number of para-hydroxylation sites is 1. The van der Waals surface area contributed by atoms with Crippen LogP contribution in [0.1, 0.15) is 26.3 Å². The Morgan fingerprint density at radius 1 is 1.14 bits per heavy atom. The maximum absolute atomic E-state index is 12.7. The van der Waals surface area contributed by atoms with Crippen molar-refractivity contribution in [2.75, 3.05) is 11.4 Å². The molecule has 0 atom stereocenters. The van der Waals surface area contributed by atoms with Crippen LogP contribution in [0.4, 0.5) is 5.69 Å². The number of carboxylic acid groups (broad SMARTS) is 1. The molecule has 1 amide bonds. The summed E-state index contributed by atoms with van der Waals surface area (Å²) in [6.07, 6.45) is 0.711. The highest BCUT2D eigenvalue weighted by Crippen LogP contribution is 2.33. The molecule has 21 heavy (non-hydrogen) atoms. The molecule has 1 aliphatic rings. The minimum Gasteiger partial charge on any atom is -0.478 e. The Balaban J connectivity index is 2.12. The molecule has 0 bridgehead atoms. The zero-order valence-electron chi connectivity index (χ0n) is 11.0. The van der Waals surface area contributed by atoms with Crippen molar-refractivity contribution in [2.45, 2.75) is 6.42 Å². The molecule has 3 rings (SSSR count). The highest BCUT2D eigenvalue weighted by atomic mass is 79.9. The van der Waals surface area contributed by atoms with E-state index in [9.17, 15) is 14.7 Å². The van der Waals surface area contributed by atoms with Crippen molar-refractivity contribution >= 4 is 33.5 Å². The van der Waals surface area contributed by atoms with E-state index in [1.165, 1.54) is 11.0 Å². The third kappa shape index (κ3) is 2.34. The Morgan fingerprint density at radius 3 is 2.67 bits per heavy atom. The molecule has 0 radical (unpaired) electrons. The van der Waals surface area contributed by atoms with E-state index in [1.54, 1.807) is 18.2 Å². The van der Waals surface area contributed by atoms with Crippen LogP contribution in [-0.4, -0.2) is 23.5 Å². The first-order valence-corrected chi connectivity index (χ1v) is 7.30. The Labute approximate surface area is 130 Å². The zero-order valence-corrected chi connectivity index (χ0v) is 12.6. The molecule has 0 aliphatic carbocycles. The van der Waals surface area contributed by atoms with Gasteiger partial charge in [0.05, 0.1) is 11.3 Å². The molecule has 1 heterocycles. The summed E-state index contributed by atoms with van der Waals surface area (Å²) >= 11 is 3.36. The van der Waals surface area contributed by atoms with Gasteiger partial charge in [0, 0.05) is 16.6 Å². The summed E-state index contributed by atoms with van der Waals surface area (Å²) in [7, 11) is 0. The molecule has 4 nitrogen and oxygen atoms in total. The molecule has 1 N–H and O–H groups in total. The number of halogens is 1. The minimum atomic E-state index is -1.04. The van der Waals surface area contributed by atoms with Crippen LogP contribution in [-0.2, 0) is 6.42 Å². The van der Waals surface area contributed by atoms with Crippen molar-refractivity contribution in [3.05, 3.63) is 63.6 Å². The first-order chi connectivity index (χ1) is 10.1. The van der Waals surface area contributed by atoms with E-state index in [1.807, 2.05) is 18.2 Å². The normalized spacial score (nSPS) is 14.0. The molecular weight excluding hydrogens is 334 g/mol. The molecule has 0 aromatic heterocycles. The Kier molecular flexibility index (Phi) is 3.51. The number of hydrogen-bond acceptors (Lipinski definition) is 2. The number of anilines is 1. The lowest BCUT2D eigenvalue weighted by molar-refractivity contribution is 0.0697. The van der Waals surface area contributed by atoms with Crippen LogP contribution < -0.4 is 4.90 Å². The number of rotatable bonds is 2. The molecule has 0 saturated heterocycles. The van der Waals surface area contributed by atoms with Gasteiger partial charge in [-0.3, -0.25) is 4.79 Å². The first kappa shape index (κ1) is 13.8. The van der Waals surface area contributed by atoms with E-state index in [4.69, 9.17) is 0 Å². The smallest absolute Gasteiger partial charge is 0.337 e. The average Bonchev–Trinajstić information content (AvgIpc) is 2.48. The van der Waals surface area contributed by atoms with Gasteiger partial charge in [-0.15, -0.1) is 0 Å². The van der Waals surface area contributed by atoms with Crippen LogP contribution in [0.3, 0.4) is 0 Å². The number of benzene rings is 2. The maximum atomic E-state index is 12.7. The number of aromatic carboxylic acids is 1. The van der Waals surface area contributed by atoms with Gasteiger partial charge in [-0.05, 0) is 46.1 Å². The second-order valence-corrected chi connectivity index (χ2v) is 5.66. The number of nitrogens with zero attached hydrogens (tertiary/aromatic N) is 1. The molecule has 0 fully saturated rings. The lowest BCUT2D eigenvalue weighted by Crippen LogP contribution is -2.38. The van der Waals surface area contributed by atoms with E-state index >= 15 is 0 Å². The van der Waals surface area contributed by atoms with Gasteiger partial charge in [-0.25, -0.2) is 4.79 Å². The summed E-state index contributed by atoms with van der Waals surface area (Å²) in [5, 5.41) is 9.34. The fourth-order valence-electron chi connectivity index (χ4n) is 2.60. The quantitative estimate of drug-likeness (QED) is 0.907. The fraction of sp³-hybridized carbons (Fsp3) is 0.125. The SMILES string of the molecule is O=C(O)c1cccc(Br)c1N1CCc2ccccc2C1=O. The van der Waals surface area contributed by atoms with Crippen LogP contribution in [0.5, 0.6) is 0 Å². The van der Waals surface area contributed by atoms with Crippen LogP contribution >= 0.6 is 15.9 Å². The van der Waals surface area contributed by atoms with E-state index < -0.39 is 5.97 Å². The Bertz CT molecular complexity index is 742. The van der Waals surface area contributed by atoms with Crippen LogP contribution in [0.25, 0.3) is 0 Å². The lowest BCUT2D eigenvalue weighted by Gasteiger charge is -2.30. The minimum absolute atomic E-state index is 0.122. The Hall–Kier alpha value is -2.14. The standard InChI is InChI=1S/C16H12BrNO3/c17-13-7-3-6-12(16(20)21)14(13)18-9-8-10-4-1-2-5-11(10)15(18)19/h1-7H,8-9H2,(H,20,21). The highest BCUT2D eigenvalue weighted by molar-refractivity contribution is 9.10. The largest absolute Gasteiger partial charge is 0.478 e. The van der Waals surface area contributed by atoms with Gasteiger partial charge in [-0.1, -0.05) is 24.3 Å². The summed E-state index contributed by atoms with van der Waals surface area (Å²) in [5.41, 5.74) is 2.18. The average molecular weight is 346 g/mol. The summed E-state index contributed by atoms with van der Waals surface area (Å²) in [6, 6.07) is 12.3. The van der Waals surface area contributed by atoms with Crippen molar-refractivity contribution in [3.8, 4) is 0 Å². The van der Waals surface area contributed by atoms with Gasteiger partial charge in [0.1, 0.15) is 0 Å². The van der Waals surface area contributed by atoms with Crippen molar-refractivity contribution in [1.29, 1.82) is 0 Å².